The zero-order chi connectivity index (χ0) is 16.8. The summed E-state index contributed by atoms with van der Waals surface area (Å²) in [4.78, 5) is 6.91. The van der Waals surface area contributed by atoms with E-state index in [1.165, 1.54) is 37.8 Å². The molecule has 2 N–H and O–H groups in total. The molecule has 1 heterocycles. The molecule has 25 heavy (non-hydrogen) atoms. The van der Waals surface area contributed by atoms with Crippen molar-refractivity contribution in [2.45, 2.75) is 45.1 Å². The lowest BCUT2D eigenvalue weighted by Gasteiger charge is -2.28. The highest BCUT2D eigenvalue weighted by Gasteiger charge is 2.23. The molecule has 0 bridgehead atoms. The van der Waals surface area contributed by atoms with E-state index < -0.39 is 0 Å². The van der Waals surface area contributed by atoms with Crippen LogP contribution in [0.25, 0.3) is 0 Å². The van der Waals surface area contributed by atoms with Crippen LogP contribution in [0.4, 0.5) is 5.69 Å². The topological polar surface area (TPSA) is 39.7 Å². The molecule has 1 aliphatic heterocycles. The van der Waals surface area contributed by atoms with Gasteiger partial charge in [0.2, 0.25) is 0 Å². The monoisotopic (exact) mass is 456 g/mol. The van der Waals surface area contributed by atoms with E-state index in [4.69, 9.17) is 0 Å². The number of aliphatic imine (C=N–C) groups is 1. The van der Waals surface area contributed by atoms with Crippen LogP contribution in [-0.2, 0) is 0 Å². The Morgan fingerprint density at radius 1 is 1.12 bits per heavy atom. The maximum Gasteiger partial charge on any atom is 0.191 e. The molecular weight excluding hydrogens is 423 g/mol. The summed E-state index contributed by atoms with van der Waals surface area (Å²) in [5.41, 5.74) is 1.35. The molecule has 1 saturated heterocycles. The molecule has 5 heteroatoms. The number of halogens is 1. The van der Waals surface area contributed by atoms with Crippen molar-refractivity contribution in [1.82, 2.24) is 10.6 Å². The van der Waals surface area contributed by atoms with Gasteiger partial charge in [0.15, 0.2) is 5.96 Å². The van der Waals surface area contributed by atoms with Crippen LogP contribution < -0.4 is 15.5 Å². The molecule has 1 unspecified atom stereocenters. The van der Waals surface area contributed by atoms with Gasteiger partial charge in [-0.15, -0.1) is 24.0 Å². The third-order valence-corrected chi connectivity index (χ3v) is 5.55. The van der Waals surface area contributed by atoms with Gasteiger partial charge in [0.25, 0.3) is 0 Å². The SMILES string of the molecule is CN=C(NCC1CCN(c2ccccc2)C1)NC1CCC(C)CC1.I. The quantitative estimate of drug-likeness (QED) is 0.411. The molecule has 1 atom stereocenters. The van der Waals surface area contributed by atoms with Crippen LogP contribution in [0.2, 0.25) is 0 Å². The highest BCUT2D eigenvalue weighted by molar-refractivity contribution is 14.0. The van der Waals surface area contributed by atoms with Crippen molar-refractivity contribution in [2.75, 3.05) is 31.6 Å². The van der Waals surface area contributed by atoms with Gasteiger partial charge in [-0.3, -0.25) is 4.99 Å². The van der Waals surface area contributed by atoms with Crippen LogP contribution in [0.1, 0.15) is 39.0 Å². The van der Waals surface area contributed by atoms with Crippen molar-refractivity contribution >= 4 is 35.6 Å². The van der Waals surface area contributed by atoms with Crippen LogP contribution >= 0.6 is 24.0 Å². The number of hydrogen-bond donors (Lipinski definition) is 2. The van der Waals surface area contributed by atoms with E-state index in [9.17, 15) is 0 Å². The van der Waals surface area contributed by atoms with Crippen LogP contribution in [0.5, 0.6) is 0 Å². The minimum atomic E-state index is 0. The minimum Gasteiger partial charge on any atom is -0.371 e. The molecule has 2 fully saturated rings. The van der Waals surface area contributed by atoms with Gasteiger partial charge in [-0.05, 0) is 56.1 Å². The Morgan fingerprint density at radius 2 is 1.84 bits per heavy atom. The molecule has 140 valence electrons. The maximum atomic E-state index is 4.42. The Hall–Kier alpha value is -0.980. The van der Waals surface area contributed by atoms with Crippen molar-refractivity contribution in [3.63, 3.8) is 0 Å². The molecule has 0 aromatic heterocycles. The Bertz CT molecular complexity index is 526. The summed E-state index contributed by atoms with van der Waals surface area (Å²) >= 11 is 0. The maximum absolute atomic E-state index is 4.42. The first-order chi connectivity index (χ1) is 11.7. The Morgan fingerprint density at radius 3 is 2.52 bits per heavy atom. The standard InChI is InChI=1S/C20H32N4.HI/c1-16-8-10-18(11-9-16)23-20(21-2)22-14-17-12-13-24(15-17)19-6-4-3-5-7-19;/h3-7,16-18H,8-15H2,1-2H3,(H2,21,22,23);1H. The highest BCUT2D eigenvalue weighted by atomic mass is 127. The number of guanidine groups is 1. The number of benzene rings is 1. The molecule has 1 aliphatic carbocycles. The van der Waals surface area contributed by atoms with Gasteiger partial charge in [0, 0.05) is 38.4 Å². The molecule has 1 saturated carbocycles. The highest BCUT2D eigenvalue weighted by Crippen LogP contribution is 2.24. The second-order valence-corrected chi connectivity index (χ2v) is 7.49. The second kappa shape index (κ2) is 10.2. The van der Waals surface area contributed by atoms with Gasteiger partial charge in [0.1, 0.15) is 0 Å². The van der Waals surface area contributed by atoms with E-state index >= 15 is 0 Å². The number of nitrogens with one attached hydrogen (secondary N) is 2. The minimum absolute atomic E-state index is 0. The number of rotatable bonds is 4. The fraction of sp³-hybridized carbons (Fsp3) is 0.650. The number of anilines is 1. The van der Waals surface area contributed by atoms with Gasteiger partial charge in [-0.1, -0.05) is 25.1 Å². The third kappa shape index (κ3) is 6.04. The molecular formula is C20H33IN4. The third-order valence-electron chi connectivity index (χ3n) is 5.55. The lowest BCUT2D eigenvalue weighted by molar-refractivity contribution is 0.329. The average molecular weight is 456 g/mol. The lowest BCUT2D eigenvalue weighted by atomic mass is 9.87. The number of para-hydroxylation sites is 1. The first kappa shape index (κ1) is 20.3. The average Bonchev–Trinajstić information content (AvgIpc) is 3.10. The molecule has 0 spiro atoms. The van der Waals surface area contributed by atoms with Crippen LogP contribution in [-0.4, -0.2) is 38.7 Å². The van der Waals surface area contributed by atoms with Gasteiger partial charge in [0.05, 0.1) is 0 Å². The van der Waals surface area contributed by atoms with Crippen molar-refractivity contribution in [3.05, 3.63) is 30.3 Å². The summed E-state index contributed by atoms with van der Waals surface area (Å²) in [6.07, 6.45) is 6.46. The Balaban J connectivity index is 0.00000225. The molecule has 4 nitrogen and oxygen atoms in total. The van der Waals surface area contributed by atoms with Gasteiger partial charge in [-0.2, -0.15) is 0 Å². The van der Waals surface area contributed by atoms with E-state index in [2.05, 4.69) is 57.8 Å². The fourth-order valence-corrected chi connectivity index (χ4v) is 3.91. The smallest absolute Gasteiger partial charge is 0.191 e. The zero-order valence-corrected chi connectivity index (χ0v) is 17.9. The van der Waals surface area contributed by atoms with Crippen LogP contribution in [0.3, 0.4) is 0 Å². The first-order valence-corrected chi connectivity index (χ1v) is 9.51. The van der Waals surface area contributed by atoms with E-state index in [1.54, 1.807) is 0 Å². The Labute approximate surface area is 169 Å². The molecule has 0 amide bonds. The van der Waals surface area contributed by atoms with Gasteiger partial charge < -0.3 is 15.5 Å². The summed E-state index contributed by atoms with van der Waals surface area (Å²) in [7, 11) is 1.88. The second-order valence-electron chi connectivity index (χ2n) is 7.49. The first-order valence-electron chi connectivity index (χ1n) is 9.51. The Kier molecular flexibility index (Phi) is 8.33. The molecule has 1 aromatic rings. The summed E-state index contributed by atoms with van der Waals surface area (Å²) < 4.78 is 0. The normalized spacial score (nSPS) is 26.9. The molecule has 0 radical (unpaired) electrons. The van der Waals surface area contributed by atoms with Gasteiger partial charge in [-0.25, -0.2) is 0 Å². The summed E-state index contributed by atoms with van der Waals surface area (Å²) in [5.74, 6) is 2.56. The van der Waals surface area contributed by atoms with E-state index in [-0.39, 0.29) is 24.0 Å². The summed E-state index contributed by atoms with van der Waals surface area (Å²) in [5, 5.41) is 7.17. The predicted octanol–water partition coefficient (Wildman–Crippen LogP) is 3.87. The van der Waals surface area contributed by atoms with E-state index in [0.29, 0.717) is 12.0 Å². The van der Waals surface area contributed by atoms with Crippen LogP contribution in [0, 0.1) is 11.8 Å². The van der Waals surface area contributed by atoms with Gasteiger partial charge >= 0.3 is 0 Å². The zero-order valence-electron chi connectivity index (χ0n) is 15.6. The van der Waals surface area contributed by atoms with Crippen molar-refractivity contribution in [1.29, 1.82) is 0 Å². The van der Waals surface area contributed by atoms with Crippen molar-refractivity contribution < 1.29 is 0 Å². The van der Waals surface area contributed by atoms with E-state index in [1.807, 2.05) is 7.05 Å². The summed E-state index contributed by atoms with van der Waals surface area (Å²) in [6, 6.07) is 11.3. The fourth-order valence-electron chi connectivity index (χ4n) is 3.91. The van der Waals surface area contributed by atoms with E-state index in [0.717, 1.165) is 31.5 Å². The van der Waals surface area contributed by atoms with Crippen molar-refractivity contribution in [2.24, 2.45) is 16.8 Å². The summed E-state index contributed by atoms with van der Waals surface area (Å²) in [6.45, 7) is 5.66. The largest absolute Gasteiger partial charge is 0.371 e. The molecule has 2 aliphatic rings. The number of hydrogen-bond acceptors (Lipinski definition) is 2. The van der Waals surface area contributed by atoms with Crippen molar-refractivity contribution in [3.8, 4) is 0 Å². The van der Waals surface area contributed by atoms with Crippen LogP contribution in [0.15, 0.2) is 35.3 Å². The predicted molar refractivity (Wildman–Crippen MR) is 118 cm³/mol. The molecule has 1 aromatic carbocycles. The lowest BCUT2D eigenvalue weighted by Crippen LogP contribution is -2.46. The number of nitrogens with zero attached hydrogens (tertiary/aromatic N) is 2. The molecule has 3 rings (SSSR count).